The van der Waals surface area contributed by atoms with Gasteiger partial charge in [0.15, 0.2) is 0 Å². The standard InChI is InChI=1S/C19H23BrO/c20-18-13-7-6-12-17(18)19(21)16-11-5-4-10-15(16)14-8-2-1-3-9-14/h1-2,5-7,11-16,19,21H,3-4,8-10H2/t14-,15+,16?,19?/m1/s1. The van der Waals surface area contributed by atoms with Crippen molar-refractivity contribution in [2.24, 2.45) is 17.8 Å². The SMILES string of the molecule is OC(c1ccccc1Br)C1C=CCC[C@H]1[C@@H]1CC=CCC1. The number of hydrogen-bond donors (Lipinski definition) is 1. The quantitative estimate of drug-likeness (QED) is 0.724. The maximum absolute atomic E-state index is 10.9. The van der Waals surface area contributed by atoms with Gasteiger partial charge in [-0.05, 0) is 55.6 Å². The van der Waals surface area contributed by atoms with Crippen molar-refractivity contribution in [1.29, 1.82) is 0 Å². The summed E-state index contributed by atoms with van der Waals surface area (Å²) in [5.41, 5.74) is 1.02. The van der Waals surface area contributed by atoms with Gasteiger partial charge in [-0.1, -0.05) is 58.4 Å². The van der Waals surface area contributed by atoms with E-state index in [0.717, 1.165) is 22.4 Å². The summed E-state index contributed by atoms with van der Waals surface area (Å²) >= 11 is 3.58. The smallest absolute Gasteiger partial charge is 0.0866 e. The second-order valence-electron chi connectivity index (χ2n) is 6.26. The summed E-state index contributed by atoms with van der Waals surface area (Å²) in [5.74, 6) is 1.57. The third-order valence-corrected chi connectivity index (χ3v) is 5.75. The van der Waals surface area contributed by atoms with Crippen molar-refractivity contribution < 1.29 is 5.11 Å². The maximum atomic E-state index is 10.9. The molecule has 112 valence electrons. The minimum Gasteiger partial charge on any atom is -0.388 e. The summed E-state index contributed by atoms with van der Waals surface area (Å²) in [6.07, 6.45) is 14.7. The average molecular weight is 347 g/mol. The van der Waals surface area contributed by atoms with Crippen LogP contribution < -0.4 is 0 Å². The topological polar surface area (TPSA) is 20.2 Å². The van der Waals surface area contributed by atoms with Crippen LogP contribution >= 0.6 is 15.9 Å². The molecular formula is C19H23BrO. The Hall–Kier alpha value is -0.860. The minimum absolute atomic E-state index is 0.244. The van der Waals surface area contributed by atoms with E-state index in [2.05, 4.69) is 40.2 Å². The normalized spacial score (nSPS) is 30.3. The summed E-state index contributed by atoms with van der Waals surface area (Å²) in [5, 5.41) is 10.9. The Kier molecular flexibility index (Phi) is 4.97. The summed E-state index contributed by atoms with van der Waals surface area (Å²) < 4.78 is 1.01. The number of halogens is 1. The first-order chi connectivity index (χ1) is 10.3. The fourth-order valence-electron chi connectivity index (χ4n) is 3.89. The molecule has 21 heavy (non-hydrogen) atoms. The average Bonchev–Trinajstić information content (AvgIpc) is 2.55. The van der Waals surface area contributed by atoms with Crippen molar-refractivity contribution in [2.75, 3.05) is 0 Å². The van der Waals surface area contributed by atoms with E-state index in [9.17, 15) is 5.11 Å². The summed E-state index contributed by atoms with van der Waals surface area (Å²) in [6.45, 7) is 0. The van der Waals surface area contributed by atoms with Crippen molar-refractivity contribution >= 4 is 15.9 Å². The molecule has 0 spiro atoms. The van der Waals surface area contributed by atoms with E-state index in [1.807, 2.05) is 24.3 Å². The van der Waals surface area contributed by atoms with E-state index in [-0.39, 0.29) is 5.92 Å². The van der Waals surface area contributed by atoms with Crippen LogP contribution in [0.1, 0.15) is 43.8 Å². The number of hydrogen-bond acceptors (Lipinski definition) is 1. The van der Waals surface area contributed by atoms with Crippen LogP contribution in [0.25, 0.3) is 0 Å². The molecule has 0 amide bonds. The van der Waals surface area contributed by atoms with Gasteiger partial charge in [0.25, 0.3) is 0 Å². The van der Waals surface area contributed by atoms with Gasteiger partial charge in [-0.15, -0.1) is 0 Å². The highest BCUT2D eigenvalue weighted by Gasteiger charge is 2.34. The highest BCUT2D eigenvalue weighted by Crippen LogP contribution is 2.43. The van der Waals surface area contributed by atoms with Crippen molar-refractivity contribution in [3.8, 4) is 0 Å². The molecule has 1 nitrogen and oxygen atoms in total. The monoisotopic (exact) mass is 346 g/mol. The molecule has 1 N–H and O–H groups in total. The molecule has 0 heterocycles. The van der Waals surface area contributed by atoms with Gasteiger partial charge >= 0.3 is 0 Å². The first-order valence-electron chi connectivity index (χ1n) is 8.01. The lowest BCUT2D eigenvalue weighted by molar-refractivity contribution is 0.0657. The van der Waals surface area contributed by atoms with Gasteiger partial charge in [0.2, 0.25) is 0 Å². The van der Waals surface area contributed by atoms with E-state index in [0.29, 0.717) is 5.92 Å². The Bertz CT molecular complexity index is 534. The first-order valence-corrected chi connectivity index (χ1v) is 8.81. The van der Waals surface area contributed by atoms with Crippen molar-refractivity contribution in [3.05, 3.63) is 58.6 Å². The molecule has 0 saturated carbocycles. The Balaban J connectivity index is 1.83. The molecule has 3 rings (SSSR count). The molecule has 1 aromatic carbocycles. The molecule has 0 radical (unpaired) electrons. The van der Waals surface area contributed by atoms with E-state index >= 15 is 0 Å². The van der Waals surface area contributed by atoms with Gasteiger partial charge in [0.1, 0.15) is 0 Å². The summed E-state index contributed by atoms with van der Waals surface area (Å²) in [6, 6.07) is 8.06. The molecule has 2 heteroatoms. The fourth-order valence-corrected chi connectivity index (χ4v) is 4.41. The summed E-state index contributed by atoms with van der Waals surface area (Å²) in [7, 11) is 0. The third kappa shape index (κ3) is 3.32. The largest absolute Gasteiger partial charge is 0.388 e. The van der Waals surface area contributed by atoms with Crippen LogP contribution in [0.4, 0.5) is 0 Å². The number of allylic oxidation sites excluding steroid dienone is 3. The van der Waals surface area contributed by atoms with Gasteiger partial charge in [0.05, 0.1) is 6.10 Å². The van der Waals surface area contributed by atoms with E-state index < -0.39 is 6.10 Å². The molecule has 2 aliphatic rings. The molecular weight excluding hydrogens is 324 g/mol. The number of aliphatic hydroxyl groups excluding tert-OH is 1. The van der Waals surface area contributed by atoms with Crippen LogP contribution in [0, 0.1) is 17.8 Å². The molecule has 0 saturated heterocycles. The third-order valence-electron chi connectivity index (χ3n) is 5.02. The first kappa shape index (κ1) is 15.1. The van der Waals surface area contributed by atoms with Gasteiger partial charge in [0, 0.05) is 10.4 Å². The molecule has 0 aliphatic heterocycles. The predicted octanol–water partition coefficient (Wildman–Crippen LogP) is 5.42. The van der Waals surface area contributed by atoms with Gasteiger partial charge in [-0.2, -0.15) is 0 Å². The molecule has 1 aromatic rings. The Labute approximate surface area is 135 Å². The highest BCUT2D eigenvalue weighted by molar-refractivity contribution is 9.10. The van der Waals surface area contributed by atoms with Crippen LogP contribution in [0.5, 0.6) is 0 Å². The Morgan fingerprint density at radius 1 is 1.05 bits per heavy atom. The number of benzene rings is 1. The van der Waals surface area contributed by atoms with Crippen molar-refractivity contribution in [3.63, 3.8) is 0 Å². The van der Waals surface area contributed by atoms with E-state index in [1.165, 1.54) is 25.7 Å². The lowest BCUT2D eigenvalue weighted by Gasteiger charge is -2.38. The van der Waals surface area contributed by atoms with Crippen molar-refractivity contribution in [2.45, 2.75) is 38.2 Å². The molecule has 4 atom stereocenters. The van der Waals surface area contributed by atoms with Crippen LogP contribution in [0.2, 0.25) is 0 Å². The van der Waals surface area contributed by atoms with Gasteiger partial charge in [-0.3, -0.25) is 0 Å². The molecule has 0 fully saturated rings. The highest BCUT2D eigenvalue weighted by atomic mass is 79.9. The lowest BCUT2D eigenvalue weighted by atomic mass is 9.69. The van der Waals surface area contributed by atoms with E-state index in [4.69, 9.17) is 0 Å². The molecule has 0 bridgehead atoms. The van der Waals surface area contributed by atoms with Crippen LogP contribution in [-0.4, -0.2) is 5.11 Å². The second kappa shape index (κ2) is 6.93. The minimum atomic E-state index is -0.409. The maximum Gasteiger partial charge on any atom is 0.0866 e. The van der Waals surface area contributed by atoms with Crippen LogP contribution in [0.3, 0.4) is 0 Å². The van der Waals surface area contributed by atoms with Crippen LogP contribution in [0.15, 0.2) is 53.0 Å². The lowest BCUT2D eigenvalue weighted by Crippen LogP contribution is -2.29. The molecule has 2 unspecified atom stereocenters. The Morgan fingerprint density at radius 3 is 2.62 bits per heavy atom. The van der Waals surface area contributed by atoms with Gasteiger partial charge in [-0.25, -0.2) is 0 Å². The number of aliphatic hydroxyl groups is 1. The predicted molar refractivity (Wildman–Crippen MR) is 90.9 cm³/mol. The van der Waals surface area contributed by atoms with E-state index in [1.54, 1.807) is 0 Å². The van der Waals surface area contributed by atoms with Crippen molar-refractivity contribution in [1.82, 2.24) is 0 Å². The zero-order valence-electron chi connectivity index (χ0n) is 12.3. The zero-order valence-corrected chi connectivity index (χ0v) is 13.9. The summed E-state index contributed by atoms with van der Waals surface area (Å²) in [4.78, 5) is 0. The van der Waals surface area contributed by atoms with Crippen LogP contribution in [-0.2, 0) is 0 Å². The second-order valence-corrected chi connectivity index (χ2v) is 7.11. The molecule has 0 aromatic heterocycles. The zero-order chi connectivity index (χ0) is 14.7. The number of rotatable bonds is 3. The fraction of sp³-hybridized carbons (Fsp3) is 0.474. The Morgan fingerprint density at radius 2 is 1.86 bits per heavy atom. The molecule has 2 aliphatic carbocycles. The van der Waals surface area contributed by atoms with Gasteiger partial charge < -0.3 is 5.11 Å².